The van der Waals surface area contributed by atoms with Crippen LogP contribution in [-0.4, -0.2) is 22.2 Å². The fourth-order valence-electron chi connectivity index (χ4n) is 1.02. The van der Waals surface area contributed by atoms with Gasteiger partial charge in [-0.1, -0.05) is 12.1 Å². The molecular formula is C9H6F2O4. The molecule has 2 N–H and O–H groups in total. The minimum atomic E-state index is -3.55. The number of alkyl halides is 1. The molecule has 0 amide bonds. The Morgan fingerprint density at radius 2 is 1.47 bits per heavy atom. The van der Waals surface area contributed by atoms with Gasteiger partial charge in [-0.2, -0.15) is 0 Å². The standard InChI is InChI=1S/C9H6F2O4/c10-6-3-1-5(2-4-6)9(11,7(12)13)8(14)15/h1-4H,(H,12,13)(H,14,15). The number of carboxylic acids is 2. The Bertz CT molecular complexity index is 385. The zero-order valence-electron chi connectivity index (χ0n) is 7.28. The number of hydrogen-bond donors (Lipinski definition) is 2. The first-order valence-electron chi connectivity index (χ1n) is 3.80. The van der Waals surface area contributed by atoms with Crippen molar-refractivity contribution >= 4 is 11.9 Å². The van der Waals surface area contributed by atoms with Crippen molar-refractivity contribution in [3.05, 3.63) is 35.6 Å². The summed E-state index contributed by atoms with van der Waals surface area (Å²) in [6, 6.07) is 3.13. The minimum absolute atomic E-state index is 0.635. The Balaban J connectivity index is 3.28. The highest BCUT2D eigenvalue weighted by Crippen LogP contribution is 2.27. The highest BCUT2D eigenvalue weighted by atomic mass is 19.1. The molecular weight excluding hydrogens is 210 g/mol. The molecule has 0 aliphatic heterocycles. The van der Waals surface area contributed by atoms with Crippen molar-refractivity contribution in [2.75, 3.05) is 0 Å². The molecule has 0 aliphatic carbocycles. The Labute approximate surface area is 82.8 Å². The van der Waals surface area contributed by atoms with Crippen molar-refractivity contribution in [1.29, 1.82) is 0 Å². The first kappa shape index (κ1) is 11.1. The zero-order valence-corrected chi connectivity index (χ0v) is 7.28. The largest absolute Gasteiger partial charge is 0.478 e. The zero-order chi connectivity index (χ0) is 11.6. The molecule has 0 fully saturated rings. The molecule has 0 bridgehead atoms. The fraction of sp³-hybridized carbons (Fsp3) is 0.111. The van der Waals surface area contributed by atoms with Crippen LogP contribution in [0.25, 0.3) is 0 Å². The van der Waals surface area contributed by atoms with E-state index in [1.54, 1.807) is 0 Å². The second kappa shape index (κ2) is 3.64. The number of carbonyl (C=O) groups is 2. The Morgan fingerprint density at radius 1 is 1.07 bits per heavy atom. The third-order valence-electron chi connectivity index (χ3n) is 1.83. The topological polar surface area (TPSA) is 74.6 Å². The van der Waals surface area contributed by atoms with E-state index in [0.717, 1.165) is 24.3 Å². The highest BCUT2D eigenvalue weighted by Gasteiger charge is 2.49. The molecule has 1 aromatic rings. The number of hydrogen-bond acceptors (Lipinski definition) is 2. The monoisotopic (exact) mass is 216 g/mol. The van der Waals surface area contributed by atoms with Crippen LogP contribution in [0.3, 0.4) is 0 Å². The molecule has 0 radical (unpaired) electrons. The van der Waals surface area contributed by atoms with Crippen LogP contribution >= 0.6 is 0 Å². The summed E-state index contributed by atoms with van der Waals surface area (Å²) >= 11 is 0. The van der Waals surface area contributed by atoms with Crippen molar-refractivity contribution in [3.8, 4) is 0 Å². The molecule has 0 aliphatic rings. The van der Waals surface area contributed by atoms with Gasteiger partial charge in [-0.05, 0) is 12.1 Å². The first-order chi connectivity index (χ1) is 6.89. The fourth-order valence-corrected chi connectivity index (χ4v) is 1.02. The Kier molecular flexibility index (Phi) is 2.69. The number of carboxylic acid groups (broad SMARTS) is 2. The number of aliphatic carboxylic acids is 2. The van der Waals surface area contributed by atoms with E-state index in [2.05, 4.69) is 0 Å². The van der Waals surface area contributed by atoms with E-state index in [1.807, 2.05) is 0 Å². The minimum Gasteiger partial charge on any atom is -0.478 e. The maximum absolute atomic E-state index is 13.6. The number of halogens is 2. The second-order valence-electron chi connectivity index (χ2n) is 2.78. The maximum Gasteiger partial charge on any atom is 0.358 e. The van der Waals surface area contributed by atoms with E-state index in [0.29, 0.717) is 0 Å². The second-order valence-corrected chi connectivity index (χ2v) is 2.78. The number of rotatable bonds is 3. The van der Waals surface area contributed by atoms with Crippen LogP contribution in [0.4, 0.5) is 8.78 Å². The molecule has 0 unspecified atom stereocenters. The lowest BCUT2D eigenvalue weighted by Gasteiger charge is -2.15. The van der Waals surface area contributed by atoms with Gasteiger partial charge in [0.1, 0.15) is 5.82 Å². The van der Waals surface area contributed by atoms with Crippen molar-refractivity contribution in [2.45, 2.75) is 5.67 Å². The van der Waals surface area contributed by atoms with E-state index < -0.39 is 29.0 Å². The highest BCUT2D eigenvalue weighted by molar-refractivity contribution is 6.02. The van der Waals surface area contributed by atoms with Crippen molar-refractivity contribution < 1.29 is 28.6 Å². The van der Waals surface area contributed by atoms with Gasteiger partial charge in [0.15, 0.2) is 0 Å². The Hall–Kier alpha value is -1.98. The first-order valence-corrected chi connectivity index (χ1v) is 3.80. The predicted molar refractivity (Wildman–Crippen MR) is 44.5 cm³/mol. The molecule has 6 heteroatoms. The summed E-state index contributed by atoms with van der Waals surface area (Å²) in [5, 5.41) is 17.0. The molecule has 0 atom stereocenters. The van der Waals surface area contributed by atoms with Crippen LogP contribution in [0, 0.1) is 5.82 Å². The molecule has 0 heterocycles. The molecule has 0 aromatic heterocycles. The maximum atomic E-state index is 13.6. The van der Waals surface area contributed by atoms with Gasteiger partial charge in [-0.3, -0.25) is 0 Å². The lowest BCUT2D eigenvalue weighted by atomic mass is 9.96. The molecule has 1 aromatic carbocycles. The van der Waals surface area contributed by atoms with Gasteiger partial charge in [0, 0.05) is 5.56 Å². The summed E-state index contributed by atoms with van der Waals surface area (Å²) in [5.41, 5.74) is -4.18. The quantitative estimate of drug-likeness (QED) is 0.743. The average Bonchev–Trinajstić information content (AvgIpc) is 2.17. The number of benzene rings is 1. The van der Waals surface area contributed by atoms with Gasteiger partial charge in [0.05, 0.1) is 0 Å². The van der Waals surface area contributed by atoms with Crippen LogP contribution in [0.5, 0.6) is 0 Å². The Morgan fingerprint density at radius 3 is 1.80 bits per heavy atom. The lowest BCUT2D eigenvalue weighted by molar-refractivity contribution is -0.167. The van der Waals surface area contributed by atoms with Crippen LogP contribution in [0.1, 0.15) is 5.56 Å². The summed E-state index contributed by atoms with van der Waals surface area (Å²) in [6.45, 7) is 0. The van der Waals surface area contributed by atoms with Gasteiger partial charge in [-0.15, -0.1) is 0 Å². The normalized spacial score (nSPS) is 11.1. The van der Waals surface area contributed by atoms with Crippen LogP contribution in [-0.2, 0) is 15.3 Å². The molecule has 0 spiro atoms. The summed E-state index contributed by atoms with van der Waals surface area (Å²) in [5.74, 6) is -5.01. The summed E-state index contributed by atoms with van der Waals surface area (Å²) in [4.78, 5) is 21.0. The SMILES string of the molecule is O=C(O)C(F)(C(=O)O)c1ccc(F)cc1. The van der Waals surface area contributed by atoms with E-state index >= 15 is 0 Å². The van der Waals surface area contributed by atoms with Gasteiger partial charge < -0.3 is 10.2 Å². The molecule has 0 saturated carbocycles. The van der Waals surface area contributed by atoms with Gasteiger partial charge >= 0.3 is 17.6 Å². The van der Waals surface area contributed by atoms with Gasteiger partial charge in [-0.25, -0.2) is 18.4 Å². The van der Waals surface area contributed by atoms with E-state index in [1.165, 1.54) is 0 Å². The van der Waals surface area contributed by atoms with Crippen LogP contribution in [0.2, 0.25) is 0 Å². The smallest absolute Gasteiger partial charge is 0.358 e. The van der Waals surface area contributed by atoms with Crippen LogP contribution < -0.4 is 0 Å². The van der Waals surface area contributed by atoms with Crippen molar-refractivity contribution in [1.82, 2.24) is 0 Å². The summed E-state index contributed by atoms with van der Waals surface area (Å²) in [7, 11) is 0. The summed E-state index contributed by atoms with van der Waals surface area (Å²) in [6.07, 6.45) is 0. The van der Waals surface area contributed by atoms with E-state index in [4.69, 9.17) is 10.2 Å². The average molecular weight is 216 g/mol. The molecule has 80 valence electrons. The van der Waals surface area contributed by atoms with Gasteiger partial charge in [0.25, 0.3) is 0 Å². The van der Waals surface area contributed by atoms with Crippen LogP contribution in [0.15, 0.2) is 24.3 Å². The third kappa shape index (κ3) is 1.78. The lowest BCUT2D eigenvalue weighted by Crippen LogP contribution is -2.39. The summed E-state index contributed by atoms with van der Waals surface area (Å²) < 4.78 is 26.0. The molecule has 1 rings (SSSR count). The van der Waals surface area contributed by atoms with E-state index in [9.17, 15) is 18.4 Å². The van der Waals surface area contributed by atoms with Gasteiger partial charge in [0.2, 0.25) is 0 Å². The van der Waals surface area contributed by atoms with Crippen molar-refractivity contribution in [3.63, 3.8) is 0 Å². The predicted octanol–water partition coefficient (Wildman–Crippen LogP) is 1.16. The molecule has 15 heavy (non-hydrogen) atoms. The van der Waals surface area contributed by atoms with Crippen molar-refractivity contribution in [2.24, 2.45) is 0 Å². The van der Waals surface area contributed by atoms with E-state index in [-0.39, 0.29) is 0 Å². The third-order valence-corrected chi connectivity index (χ3v) is 1.83. The molecule has 0 saturated heterocycles. The molecule has 4 nitrogen and oxygen atoms in total.